The highest BCUT2D eigenvalue weighted by Crippen LogP contribution is 2.36. The molecule has 1 aromatic rings. The van der Waals surface area contributed by atoms with Crippen LogP contribution in [0.2, 0.25) is 0 Å². The van der Waals surface area contributed by atoms with Crippen LogP contribution in [0.1, 0.15) is 67.8 Å². The van der Waals surface area contributed by atoms with E-state index < -0.39 is 0 Å². The van der Waals surface area contributed by atoms with Crippen LogP contribution in [0.3, 0.4) is 0 Å². The second kappa shape index (κ2) is 8.72. The summed E-state index contributed by atoms with van der Waals surface area (Å²) in [6.07, 6.45) is 9.34. The quantitative estimate of drug-likeness (QED) is 0.347. The first-order valence-electron chi connectivity index (χ1n) is 8.48. The maximum absolute atomic E-state index is 12.2. The number of carbonyl (C=O) groups is 2. The van der Waals surface area contributed by atoms with Crippen LogP contribution in [0, 0.1) is 5.92 Å². The highest BCUT2D eigenvalue weighted by molar-refractivity contribution is 6.00. The second-order valence-electron chi connectivity index (χ2n) is 6.19. The van der Waals surface area contributed by atoms with E-state index >= 15 is 0 Å². The van der Waals surface area contributed by atoms with Crippen molar-refractivity contribution in [1.29, 1.82) is 0 Å². The molecule has 3 heteroatoms. The number of Topliss-reactive ketones (excluding diaryl/α,β-unsaturated/α-hetero) is 1. The smallest absolute Gasteiger partial charge is 0.293 e. The Bertz CT molecular complexity index is 478. The highest BCUT2D eigenvalue weighted by atomic mass is 16.5. The number of aryl methyl sites for hydroxylation is 1. The van der Waals surface area contributed by atoms with Crippen LogP contribution >= 0.6 is 0 Å². The van der Waals surface area contributed by atoms with Gasteiger partial charge in [0.25, 0.3) is 6.47 Å². The van der Waals surface area contributed by atoms with E-state index in [2.05, 4.69) is 19.1 Å². The first kappa shape index (κ1) is 16.7. The van der Waals surface area contributed by atoms with Gasteiger partial charge in [0, 0.05) is 5.56 Å². The molecule has 1 aromatic carbocycles. The number of rotatable bonds is 11. The number of ether oxygens (including phenoxy) is 1. The molecule has 2 atom stereocenters. The molecule has 0 saturated heterocycles. The first-order valence-corrected chi connectivity index (χ1v) is 8.48. The number of unbranched alkanes of at least 4 members (excludes halogenated alkanes) is 5. The van der Waals surface area contributed by atoms with Crippen LogP contribution < -0.4 is 0 Å². The lowest BCUT2D eigenvalue weighted by Crippen LogP contribution is -2.07. The standard InChI is InChI=1S/C19H26O3/c1-2-3-4-5-6-7-8-15-9-11-16(12-10-15)19(21)17-13-18(17)22-14-20/h9-12,14,17-18H,2-8,13H2,1H3. The van der Waals surface area contributed by atoms with E-state index in [1.165, 1.54) is 44.1 Å². The molecule has 1 aliphatic carbocycles. The summed E-state index contributed by atoms with van der Waals surface area (Å²) in [6, 6.07) is 7.92. The predicted octanol–water partition coefficient (Wildman–Crippen LogP) is 4.33. The summed E-state index contributed by atoms with van der Waals surface area (Å²) < 4.78 is 4.82. The lowest BCUT2D eigenvalue weighted by Gasteiger charge is -2.04. The molecule has 0 aliphatic heterocycles. The number of hydrogen-bond acceptors (Lipinski definition) is 3. The fourth-order valence-electron chi connectivity index (χ4n) is 2.83. The van der Waals surface area contributed by atoms with Crippen molar-refractivity contribution in [2.45, 2.75) is 64.4 Å². The van der Waals surface area contributed by atoms with Crippen LogP contribution in [-0.4, -0.2) is 18.4 Å². The Morgan fingerprint density at radius 2 is 1.82 bits per heavy atom. The van der Waals surface area contributed by atoms with Gasteiger partial charge in [0.15, 0.2) is 5.78 Å². The van der Waals surface area contributed by atoms with Crippen molar-refractivity contribution in [3.05, 3.63) is 35.4 Å². The molecule has 3 nitrogen and oxygen atoms in total. The van der Waals surface area contributed by atoms with Gasteiger partial charge < -0.3 is 4.74 Å². The lowest BCUT2D eigenvalue weighted by atomic mass is 10.0. The van der Waals surface area contributed by atoms with E-state index in [0.29, 0.717) is 12.9 Å². The average molecular weight is 302 g/mol. The molecule has 0 bridgehead atoms. The van der Waals surface area contributed by atoms with Crippen molar-refractivity contribution in [3.8, 4) is 0 Å². The normalized spacial score (nSPS) is 19.7. The monoisotopic (exact) mass is 302 g/mol. The zero-order chi connectivity index (χ0) is 15.8. The first-order chi connectivity index (χ1) is 10.8. The van der Waals surface area contributed by atoms with Gasteiger partial charge in [-0.05, 0) is 24.8 Å². The number of hydrogen-bond donors (Lipinski definition) is 0. The summed E-state index contributed by atoms with van der Waals surface area (Å²) in [5.41, 5.74) is 2.03. The van der Waals surface area contributed by atoms with Gasteiger partial charge in [-0.2, -0.15) is 0 Å². The van der Waals surface area contributed by atoms with Crippen molar-refractivity contribution >= 4 is 12.3 Å². The number of ketones is 1. The number of carbonyl (C=O) groups excluding carboxylic acids is 2. The van der Waals surface area contributed by atoms with Gasteiger partial charge in [-0.15, -0.1) is 0 Å². The van der Waals surface area contributed by atoms with Gasteiger partial charge in [0.05, 0.1) is 5.92 Å². The molecule has 0 spiro atoms. The largest absolute Gasteiger partial charge is 0.464 e. The van der Waals surface area contributed by atoms with E-state index in [0.717, 1.165) is 12.0 Å². The fourth-order valence-corrected chi connectivity index (χ4v) is 2.83. The minimum atomic E-state index is -0.201. The molecule has 0 radical (unpaired) electrons. The van der Waals surface area contributed by atoms with Gasteiger partial charge in [0.1, 0.15) is 6.10 Å². The molecule has 1 aliphatic rings. The summed E-state index contributed by atoms with van der Waals surface area (Å²) in [6.45, 7) is 2.67. The molecule has 0 N–H and O–H groups in total. The summed E-state index contributed by atoms with van der Waals surface area (Å²) in [5.74, 6) is -0.0346. The van der Waals surface area contributed by atoms with Crippen molar-refractivity contribution in [2.75, 3.05) is 0 Å². The molecule has 2 rings (SSSR count). The molecule has 22 heavy (non-hydrogen) atoms. The van der Waals surface area contributed by atoms with Crippen LogP contribution in [0.4, 0.5) is 0 Å². The Balaban J connectivity index is 1.71. The van der Waals surface area contributed by atoms with Crippen molar-refractivity contribution in [1.82, 2.24) is 0 Å². The maximum atomic E-state index is 12.2. The van der Waals surface area contributed by atoms with Gasteiger partial charge in [-0.25, -0.2) is 0 Å². The second-order valence-corrected chi connectivity index (χ2v) is 6.19. The van der Waals surface area contributed by atoms with Crippen LogP contribution in [-0.2, 0) is 16.0 Å². The third-order valence-electron chi connectivity index (χ3n) is 4.36. The van der Waals surface area contributed by atoms with Gasteiger partial charge in [-0.3, -0.25) is 9.59 Å². The lowest BCUT2D eigenvalue weighted by molar-refractivity contribution is -0.130. The Hall–Kier alpha value is -1.64. The van der Waals surface area contributed by atoms with Gasteiger partial charge in [-0.1, -0.05) is 63.3 Å². The van der Waals surface area contributed by atoms with E-state index in [4.69, 9.17) is 4.74 Å². The predicted molar refractivity (Wildman–Crippen MR) is 86.9 cm³/mol. The zero-order valence-corrected chi connectivity index (χ0v) is 13.4. The summed E-state index contributed by atoms with van der Waals surface area (Å²) in [7, 11) is 0. The zero-order valence-electron chi connectivity index (χ0n) is 13.4. The minimum Gasteiger partial charge on any atom is -0.464 e. The summed E-state index contributed by atoms with van der Waals surface area (Å²) in [5, 5.41) is 0. The third kappa shape index (κ3) is 4.97. The molecular weight excluding hydrogens is 276 g/mol. The van der Waals surface area contributed by atoms with Gasteiger partial charge in [0.2, 0.25) is 0 Å². The van der Waals surface area contributed by atoms with E-state index in [1.54, 1.807) is 0 Å². The van der Waals surface area contributed by atoms with Crippen molar-refractivity contribution in [3.63, 3.8) is 0 Å². The molecule has 0 aromatic heterocycles. The van der Waals surface area contributed by atoms with Gasteiger partial charge >= 0.3 is 0 Å². The molecular formula is C19H26O3. The Labute approximate surface area is 133 Å². The molecule has 2 unspecified atom stereocenters. The molecule has 0 amide bonds. The van der Waals surface area contributed by atoms with E-state index in [-0.39, 0.29) is 17.8 Å². The van der Waals surface area contributed by atoms with Crippen molar-refractivity contribution < 1.29 is 14.3 Å². The minimum absolute atomic E-state index is 0.0953. The SMILES string of the molecule is CCCCCCCCc1ccc(C(=O)C2CC2OC=O)cc1. The van der Waals surface area contributed by atoms with E-state index in [1.807, 2.05) is 12.1 Å². The van der Waals surface area contributed by atoms with Crippen LogP contribution in [0.25, 0.3) is 0 Å². The average Bonchev–Trinajstić information content (AvgIpc) is 3.30. The Morgan fingerprint density at radius 3 is 2.50 bits per heavy atom. The van der Waals surface area contributed by atoms with Crippen molar-refractivity contribution in [2.24, 2.45) is 5.92 Å². The summed E-state index contributed by atoms with van der Waals surface area (Å²) in [4.78, 5) is 22.4. The fraction of sp³-hybridized carbons (Fsp3) is 0.579. The molecule has 1 saturated carbocycles. The third-order valence-corrected chi connectivity index (χ3v) is 4.36. The van der Waals surface area contributed by atoms with E-state index in [9.17, 15) is 9.59 Å². The molecule has 1 fully saturated rings. The molecule has 120 valence electrons. The Morgan fingerprint density at radius 1 is 1.14 bits per heavy atom. The number of benzene rings is 1. The highest BCUT2D eigenvalue weighted by Gasteiger charge is 2.45. The Kier molecular flexibility index (Phi) is 6.63. The molecule has 0 heterocycles. The van der Waals surface area contributed by atoms with Crippen LogP contribution in [0.5, 0.6) is 0 Å². The summed E-state index contributed by atoms with van der Waals surface area (Å²) >= 11 is 0. The maximum Gasteiger partial charge on any atom is 0.293 e. The van der Waals surface area contributed by atoms with Crippen LogP contribution in [0.15, 0.2) is 24.3 Å². The topological polar surface area (TPSA) is 43.4 Å².